The van der Waals surface area contributed by atoms with Crippen molar-refractivity contribution in [3.8, 4) is 0 Å². The van der Waals surface area contributed by atoms with Gasteiger partial charge in [0.25, 0.3) is 0 Å². The normalized spacial score (nSPS) is 14.6. The monoisotopic (exact) mass is 277 g/mol. The summed E-state index contributed by atoms with van der Waals surface area (Å²) < 4.78 is 0. The molecule has 1 aromatic rings. The average Bonchev–Trinajstić information content (AvgIpc) is 3.30. The summed E-state index contributed by atoms with van der Waals surface area (Å²) in [6.45, 7) is 7.60. The quantitative estimate of drug-likeness (QED) is 0.726. The van der Waals surface area contributed by atoms with E-state index >= 15 is 0 Å². The lowest BCUT2D eigenvalue weighted by molar-refractivity contribution is 0.289. The Kier molecular flexibility index (Phi) is 5.59. The summed E-state index contributed by atoms with van der Waals surface area (Å²) in [6, 6.07) is 0.829. The third kappa shape index (κ3) is 3.82. The number of hydrogen-bond acceptors (Lipinski definition) is 5. The average molecular weight is 277 g/mol. The molecule has 1 aliphatic rings. The molecule has 0 aromatic carbocycles. The van der Waals surface area contributed by atoms with E-state index in [0.29, 0.717) is 0 Å². The Labute approximate surface area is 122 Å². The van der Waals surface area contributed by atoms with E-state index in [9.17, 15) is 0 Å². The highest BCUT2D eigenvalue weighted by Crippen LogP contribution is 2.26. The molecule has 1 heterocycles. The van der Waals surface area contributed by atoms with Crippen LogP contribution in [0.1, 0.15) is 38.7 Å². The van der Waals surface area contributed by atoms with Crippen molar-refractivity contribution in [1.29, 1.82) is 0 Å². The molecule has 1 aliphatic carbocycles. The van der Waals surface area contributed by atoms with Crippen LogP contribution >= 0.6 is 0 Å². The molecule has 0 amide bonds. The molecule has 5 nitrogen and oxygen atoms in total. The van der Waals surface area contributed by atoms with Gasteiger partial charge in [-0.15, -0.1) is 0 Å². The van der Waals surface area contributed by atoms with Crippen LogP contribution in [0.15, 0.2) is 6.33 Å². The van der Waals surface area contributed by atoms with E-state index < -0.39 is 0 Å². The second-order valence-electron chi connectivity index (χ2n) is 5.34. The van der Waals surface area contributed by atoms with Gasteiger partial charge in [0.15, 0.2) is 0 Å². The van der Waals surface area contributed by atoms with Gasteiger partial charge in [-0.2, -0.15) is 0 Å². The number of rotatable bonds is 9. The number of anilines is 2. The lowest BCUT2D eigenvalue weighted by Gasteiger charge is -2.20. The van der Waals surface area contributed by atoms with Gasteiger partial charge in [-0.1, -0.05) is 20.3 Å². The van der Waals surface area contributed by atoms with Crippen molar-refractivity contribution >= 4 is 11.6 Å². The zero-order chi connectivity index (χ0) is 14.4. The zero-order valence-corrected chi connectivity index (χ0v) is 12.9. The summed E-state index contributed by atoms with van der Waals surface area (Å²) >= 11 is 0. The summed E-state index contributed by atoms with van der Waals surface area (Å²) in [5.74, 6) is 1.93. The number of nitrogens with zero attached hydrogens (tertiary/aromatic N) is 3. The molecule has 0 saturated heterocycles. The number of hydrogen-bond donors (Lipinski definition) is 2. The molecular formula is C15H27N5. The first-order valence-electron chi connectivity index (χ1n) is 7.79. The van der Waals surface area contributed by atoms with Gasteiger partial charge in [0, 0.05) is 31.7 Å². The number of nitrogens with one attached hydrogen (secondary N) is 2. The van der Waals surface area contributed by atoms with Gasteiger partial charge in [0.2, 0.25) is 0 Å². The molecule has 1 aromatic heterocycles. The lowest BCUT2D eigenvalue weighted by atomic mass is 10.1. The van der Waals surface area contributed by atoms with Crippen LogP contribution in [0.5, 0.6) is 0 Å². The van der Waals surface area contributed by atoms with Gasteiger partial charge in [0.05, 0.1) is 0 Å². The highest BCUT2D eigenvalue weighted by molar-refractivity contribution is 5.57. The molecule has 0 bridgehead atoms. The molecule has 0 spiro atoms. The van der Waals surface area contributed by atoms with E-state index in [1.165, 1.54) is 18.4 Å². The molecule has 0 atom stereocenters. The SMILES string of the molecule is CCCc1c(NC)ncnc1NCCN(CC)C1CC1. The third-order valence-corrected chi connectivity index (χ3v) is 3.84. The molecule has 2 rings (SSSR count). The molecule has 0 unspecified atom stereocenters. The third-order valence-electron chi connectivity index (χ3n) is 3.84. The van der Waals surface area contributed by atoms with E-state index in [-0.39, 0.29) is 0 Å². The molecule has 0 radical (unpaired) electrons. The van der Waals surface area contributed by atoms with E-state index in [2.05, 4.69) is 39.3 Å². The van der Waals surface area contributed by atoms with Crippen molar-refractivity contribution in [2.75, 3.05) is 37.3 Å². The van der Waals surface area contributed by atoms with E-state index in [4.69, 9.17) is 0 Å². The molecule has 1 saturated carbocycles. The predicted molar refractivity (Wildman–Crippen MR) is 84.3 cm³/mol. The van der Waals surface area contributed by atoms with Crippen molar-refractivity contribution in [2.45, 2.75) is 45.6 Å². The van der Waals surface area contributed by atoms with Gasteiger partial charge in [-0.3, -0.25) is 4.90 Å². The van der Waals surface area contributed by atoms with Crippen molar-refractivity contribution < 1.29 is 0 Å². The highest BCUT2D eigenvalue weighted by Gasteiger charge is 2.27. The van der Waals surface area contributed by atoms with Crippen LogP contribution in [0, 0.1) is 0 Å². The largest absolute Gasteiger partial charge is 0.373 e. The maximum Gasteiger partial charge on any atom is 0.134 e. The highest BCUT2D eigenvalue weighted by atomic mass is 15.2. The summed E-state index contributed by atoms with van der Waals surface area (Å²) in [5.41, 5.74) is 1.20. The van der Waals surface area contributed by atoms with Crippen LogP contribution in [-0.2, 0) is 6.42 Å². The number of likely N-dealkylation sites (N-methyl/N-ethyl adjacent to an activating group) is 1. The van der Waals surface area contributed by atoms with Crippen molar-refractivity contribution in [2.24, 2.45) is 0 Å². The first-order chi connectivity index (χ1) is 9.80. The molecule has 2 N–H and O–H groups in total. The summed E-state index contributed by atoms with van der Waals surface area (Å²) in [6.07, 6.45) is 6.46. The van der Waals surface area contributed by atoms with Crippen LogP contribution in [0.2, 0.25) is 0 Å². The summed E-state index contributed by atoms with van der Waals surface area (Å²) in [7, 11) is 1.91. The number of aromatic nitrogens is 2. The zero-order valence-electron chi connectivity index (χ0n) is 12.9. The predicted octanol–water partition coefficient (Wildman–Crippen LogP) is 2.37. The van der Waals surface area contributed by atoms with Gasteiger partial charge < -0.3 is 10.6 Å². The van der Waals surface area contributed by atoms with Gasteiger partial charge in [-0.05, 0) is 25.8 Å². The Morgan fingerprint density at radius 1 is 1.25 bits per heavy atom. The van der Waals surface area contributed by atoms with Gasteiger partial charge >= 0.3 is 0 Å². The molecule has 20 heavy (non-hydrogen) atoms. The molecular weight excluding hydrogens is 250 g/mol. The van der Waals surface area contributed by atoms with Gasteiger partial charge in [-0.25, -0.2) is 9.97 Å². The van der Waals surface area contributed by atoms with Crippen molar-refractivity contribution in [3.05, 3.63) is 11.9 Å². The van der Waals surface area contributed by atoms with Crippen LogP contribution in [0.25, 0.3) is 0 Å². The van der Waals surface area contributed by atoms with E-state index in [1.54, 1.807) is 6.33 Å². The van der Waals surface area contributed by atoms with Crippen molar-refractivity contribution in [3.63, 3.8) is 0 Å². The fourth-order valence-corrected chi connectivity index (χ4v) is 2.62. The summed E-state index contributed by atoms with van der Waals surface area (Å²) in [4.78, 5) is 11.3. The molecule has 5 heteroatoms. The fraction of sp³-hybridized carbons (Fsp3) is 0.733. The first-order valence-corrected chi connectivity index (χ1v) is 7.79. The molecule has 0 aliphatic heterocycles. The fourth-order valence-electron chi connectivity index (χ4n) is 2.62. The van der Waals surface area contributed by atoms with Crippen LogP contribution in [0.4, 0.5) is 11.6 Å². The second kappa shape index (κ2) is 7.43. The minimum absolute atomic E-state index is 0.829. The van der Waals surface area contributed by atoms with Crippen LogP contribution < -0.4 is 10.6 Å². The lowest BCUT2D eigenvalue weighted by Crippen LogP contribution is -2.31. The maximum atomic E-state index is 4.41. The minimum Gasteiger partial charge on any atom is -0.373 e. The Morgan fingerprint density at radius 3 is 2.60 bits per heavy atom. The maximum absolute atomic E-state index is 4.41. The topological polar surface area (TPSA) is 53.1 Å². The summed E-state index contributed by atoms with van der Waals surface area (Å²) in [5, 5.41) is 6.65. The van der Waals surface area contributed by atoms with E-state index in [0.717, 1.165) is 50.2 Å². The van der Waals surface area contributed by atoms with Crippen LogP contribution in [-0.4, -0.2) is 47.6 Å². The molecule has 112 valence electrons. The molecule has 1 fully saturated rings. The van der Waals surface area contributed by atoms with Gasteiger partial charge in [0.1, 0.15) is 18.0 Å². The Morgan fingerprint density at radius 2 is 2.00 bits per heavy atom. The standard InChI is InChI=1S/C15H27N5/c1-4-6-13-14(16-3)18-11-19-15(13)17-9-10-20(5-2)12-7-8-12/h11-12H,4-10H2,1-3H3,(H2,16,17,18,19). The smallest absolute Gasteiger partial charge is 0.134 e. The second-order valence-corrected chi connectivity index (χ2v) is 5.34. The van der Waals surface area contributed by atoms with Crippen molar-refractivity contribution in [1.82, 2.24) is 14.9 Å². The Hall–Kier alpha value is -1.36. The first kappa shape index (κ1) is 15.0. The van der Waals surface area contributed by atoms with Crippen LogP contribution in [0.3, 0.4) is 0 Å². The Balaban J connectivity index is 1.93. The minimum atomic E-state index is 0.829. The van der Waals surface area contributed by atoms with E-state index in [1.807, 2.05) is 7.05 Å². The Bertz CT molecular complexity index is 417.